The first-order valence-electron chi connectivity index (χ1n) is 5.42. The molecule has 5 nitrogen and oxygen atoms in total. The molecule has 1 aliphatic rings. The van der Waals surface area contributed by atoms with Crippen LogP contribution in [0.1, 0.15) is 25.0 Å². The zero-order valence-corrected chi connectivity index (χ0v) is 9.73. The number of esters is 1. The molecule has 2 rings (SSSR count). The monoisotopic (exact) mass is 245 g/mol. The average Bonchev–Trinajstić information content (AvgIpc) is 2.71. The van der Waals surface area contributed by atoms with Crippen LogP contribution >= 0.6 is 0 Å². The first-order valence-corrected chi connectivity index (χ1v) is 5.42. The number of benzene rings is 1. The molecule has 1 N–H and O–H groups in total. The van der Waals surface area contributed by atoms with Crippen LogP contribution in [0.2, 0.25) is 0 Å². The van der Waals surface area contributed by atoms with E-state index in [1.54, 1.807) is 30.2 Å². The van der Waals surface area contributed by atoms with Crippen LogP contribution in [0.5, 0.6) is 0 Å². The second-order valence-corrected chi connectivity index (χ2v) is 3.98. The number of nitrogens with one attached hydrogen (secondary N) is 1. The lowest BCUT2D eigenvalue weighted by atomic mass is 10.0. The minimum absolute atomic E-state index is 0.0333. The van der Waals surface area contributed by atoms with E-state index in [0.717, 1.165) is 5.56 Å². The molecule has 18 heavy (non-hydrogen) atoms. The number of ether oxygens (including phenoxy) is 1. The summed E-state index contributed by atoms with van der Waals surface area (Å²) < 4.78 is 5.05. The van der Waals surface area contributed by atoms with Crippen molar-refractivity contribution in [3.05, 3.63) is 35.4 Å². The van der Waals surface area contributed by atoms with Crippen molar-refractivity contribution in [3.8, 4) is 0 Å². The quantitative estimate of drug-likeness (QED) is 0.485. The Balaban J connectivity index is 2.14. The molecule has 0 aliphatic carbocycles. The van der Waals surface area contributed by atoms with Gasteiger partial charge in [-0.3, -0.25) is 4.79 Å². The Bertz CT molecular complexity index is 541. The van der Waals surface area contributed by atoms with E-state index in [9.17, 15) is 14.4 Å². The number of anilines is 1. The van der Waals surface area contributed by atoms with Gasteiger partial charge in [0.1, 0.15) is 17.6 Å². The smallest absolute Gasteiger partial charge is 0.346 e. The van der Waals surface area contributed by atoms with Crippen molar-refractivity contribution in [2.45, 2.75) is 19.4 Å². The Hall–Kier alpha value is -2.39. The standard InChI is InChI=1S/C13H11NO4/c1-8(16)14-11-4-2-9(3-5-11)12-6-10(7-15)13(17)18-12/h2-5,12H,6H2,1H3,(H,14,16). The molecule has 1 atom stereocenters. The second-order valence-electron chi connectivity index (χ2n) is 3.98. The van der Waals surface area contributed by atoms with Crippen LogP contribution < -0.4 is 5.32 Å². The van der Waals surface area contributed by atoms with E-state index in [0.29, 0.717) is 5.69 Å². The van der Waals surface area contributed by atoms with Crippen molar-refractivity contribution in [3.63, 3.8) is 0 Å². The fourth-order valence-electron chi connectivity index (χ4n) is 1.76. The molecule has 1 unspecified atom stereocenters. The summed E-state index contributed by atoms with van der Waals surface area (Å²) in [4.78, 5) is 32.5. The number of rotatable bonds is 2. The number of hydrogen-bond donors (Lipinski definition) is 1. The third-order valence-electron chi connectivity index (χ3n) is 2.61. The number of hydrogen-bond acceptors (Lipinski definition) is 4. The zero-order chi connectivity index (χ0) is 13.1. The van der Waals surface area contributed by atoms with Gasteiger partial charge in [0.25, 0.3) is 0 Å². The number of amides is 1. The van der Waals surface area contributed by atoms with Crippen LogP contribution in [0.25, 0.3) is 0 Å². The van der Waals surface area contributed by atoms with Crippen molar-refractivity contribution in [1.29, 1.82) is 0 Å². The molecule has 0 saturated carbocycles. The number of carbonyl (C=O) groups excluding carboxylic acids is 3. The van der Waals surface area contributed by atoms with Gasteiger partial charge in [0.15, 0.2) is 0 Å². The maximum Gasteiger partial charge on any atom is 0.346 e. The predicted molar refractivity (Wildman–Crippen MR) is 63.4 cm³/mol. The van der Waals surface area contributed by atoms with Gasteiger partial charge in [-0.05, 0) is 17.7 Å². The molecular weight excluding hydrogens is 234 g/mol. The minimum atomic E-state index is -0.610. The van der Waals surface area contributed by atoms with E-state index in [2.05, 4.69) is 5.32 Å². The summed E-state index contributed by atoms with van der Waals surface area (Å²) in [7, 11) is 0. The van der Waals surface area contributed by atoms with Crippen LogP contribution in [-0.4, -0.2) is 17.8 Å². The fourth-order valence-corrected chi connectivity index (χ4v) is 1.76. The second kappa shape index (κ2) is 4.85. The van der Waals surface area contributed by atoms with Crippen LogP contribution in [0.15, 0.2) is 29.8 Å². The highest BCUT2D eigenvalue weighted by Crippen LogP contribution is 2.32. The van der Waals surface area contributed by atoms with Gasteiger partial charge < -0.3 is 10.1 Å². The Morgan fingerprint density at radius 3 is 2.56 bits per heavy atom. The van der Waals surface area contributed by atoms with Gasteiger partial charge in [0.05, 0.1) is 0 Å². The molecule has 0 aromatic heterocycles. The molecule has 1 amide bonds. The Labute approximate surface area is 103 Å². The number of carbonyl (C=O) groups is 2. The summed E-state index contributed by atoms with van der Waals surface area (Å²) >= 11 is 0. The van der Waals surface area contributed by atoms with E-state index < -0.39 is 12.1 Å². The predicted octanol–water partition coefficient (Wildman–Crippen LogP) is 1.39. The fraction of sp³-hybridized carbons (Fsp3) is 0.231. The Kier molecular flexibility index (Phi) is 3.26. The van der Waals surface area contributed by atoms with Gasteiger partial charge in [-0.25, -0.2) is 9.59 Å². The normalized spacial score (nSPS) is 18.2. The lowest BCUT2D eigenvalue weighted by Gasteiger charge is -2.09. The summed E-state index contributed by atoms with van der Waals surface area (Å²) in [6, 6.07) is 6.92. The summed E-state index contributed by atoms with van der Waals surface area (Å²) in [6.07, 6.45) is -0.206. The van der Waals surface area contributed by atoms with E-state index in [4.69, 9.17) is 4.74 Å². The van der Waals surface area contributed by atoms with Crippen molar-refractivity contribution in [2.75, 3.05) is 5.32 Å². The van der Waals surface area contributed by atoms with Gasteiger partial charge in [-0.1, -0.05) is 12.1 Å². The highest BCUT2D eigenvalue weighted by molar-refractivity contribution is 5.98. The summed E-state index contributed by atoms with van der Waals surface area (Å²) in [5.41, 5.74) is 1.48. The molecule has 0 bridgehead atoms. The van der Waals surface area contributed by atoms with E-state index >= 15 is 0 Å². The molecule has 1 aromatic carbocycles. The third kappa shape index (κ3) is 2.47. The maximum absolute atomic E-state index is 11.2. The average molecular weight is 245 g/mol. The molecule has 1 saturated heterocycles. The molecule has 0 radical (unpaired) electrons. The van der Waals surface area contributed by atoms with Crippen molar-refractivity contribution in [2.24, 2.45) is 0 Å². The Morgan fingerprint density at radius 1 is 1.39 bits per heavy atom. The molecule has 92 valence electrons. The van der Waals surface area contributed by atoms with Crippen molar-refractivity contribution >= 4 is 23.5 Å². The topological polar surface area (TPSA) is 72.5 Å². The van der Waals surface area contributed by atoms with E-state index in [1.165, 1.54) is 6.92 Å². The molecule has 1 aromatic rings. The van der Waals surface area contributed by atoms with Crippen molar-refractivity contribution in [1.82, 2.24) is 0 Å². The summed E-state index contributed by atoms with van der Waals surface area (Å²) in [5.74, 6) is 0.824. The van der Waals surface area contributed by atoms with Gasteiger partial charge in [0.2, 0.25) is 5.91 Å². The van der Waals surface area contributed by atoms with Crippen LogP contribution in [0.4, 0.5) is 5.69 Å². The van der Waals surface area contributed by atoms with Gasteiger partial charge in [-0.15, -0.1) is 0 Å². The largest absolute Gasteiger partial charge is 0.453 e. The van der Waals surface area contributed by atoms with Crippen LogP contribution in [-0.2, 0) is 19.1 Å². The molecule has 1 aliphatic heterocycles. The molecule has 1 fully saturated rings. The lowest BCUT2D eigenvalue weighted by Crippen LogP contribution is -2.06. The molecule has 0 spiro atoms. The third-order valence-corrected chi connectivity index (χ3v) is 2.61. The van der Waals surface area contributed by atoms with Gasteiger partial charge >= 0.3 is 5.97 Å². The minimum Gasteiger partial charge on any atom is -0.453 e. The van der Waals surface area contributed by atoms with E-state index in [-0.39, 0.29) is 17.9 Å². The summed E-state index contributed by atoms with van der Waals surface area (Å²) in [5, 5.41) is 2.64. The Morgan fingerprint density at radius 2 is 2.06 bits per heavy atom. The first kappa shape index (κ1) is 12.1. The van der Waals surface area contributed by atoms with Crippen molar-refractivity contribution < 1.29 is 19.1 Å². The zero-order valence-electron chi connectivity index (χ0n) is 9.73. The highest BCUT2D eigenvalue weighted by atomic mass is 16.5. The highest BCUT2D eigenvalue weighted by Gasteiger charge is 2.31. The molecule has 5 heteroatoms. The van der Waals surface area contributed by atoms with Crippen LogP contribution in [0, 0.1) is 0 Å². The maximum atomic E-state index is 11.2. The van der Waals surface area contributed by atoms with Gasteiger partial charge in [-0.2, -0.15) is 0 Å². The molecular formula is C13H11NO4. The lowest BCUT2D eigenvalue weighted by molar-refractivity contribution is -0.139. The summed E-state index contributed by atoms with van der Waals surface area (Å²) in [6.45, 7) is 1.42. The number of cyclic esters (lactones) is 1. The molecule has 1 heterocycles. The van der Waals surface area contributed by atoms with Crippen LogP contribution in [0.3, 0.4) is 0 Å². The van der Waals surface area contributed by atoms with Gasteiger partial charge in [0, 0.05) is 19.0 Å². The SMILES string of the molecule is CC(=O)Nc1ccc(C2CC(=C=O)C(=O)O2)cc1. The first-order chi connectivity index (χ1) is 8.60. The van der Waals surface area contributed by atoms with E-state index in [1.807, 2.05) is 0 Å².